The molecule has 1 aliphatic heterocycles. The SMILES string of the molecule is COC(=O)c1ccccc1C(=O)N1CCC(C(Cc2ccccc2)N(C)C(=O)c2ccccn2)CC1. The summed E-state index contributed by atoms with van der Waals surface area (Å²) >= 11 is 0. The first-order valence-electron chi connectivity index (χ1n) is 12.2. The van der Waals surface area contributed by atoms with Crippen LogP contribution < -0.4 is 0 Å². The van der Waals surface area contributed by atoms with Crippen molar-refractivity contribution in [2.45, 2.75) is 25.3 Å². The van der Waals surface area contributed by atoms with Gasteiger partial charge in [-0.25, -0.2) is 4.79 Å². The minimum atomic E-state index is -0.522. The summed E-state index contributed by atoms with van der Waals surface area (Å²) in [5.41, 5.74) is 2.21. The third-order valence-electron chi connectivity index (χ3n) is 6.92. The smallest absolute Gasteiger partial charge is 0.338 e. The summed E-state index contributed by atoms with van der Waals surface area (Å²) in [5.74, 6) is -0.594. The average molecular weight is 486 g/mol. The number of hydrogen-bond donors (Lipinski definition) is 0. The van der Waals surface area contributed by atoms with E-state index < -0.39 is 5.97 Å². The van der Waals surface area contributed by atoms with E-state index in [9.17, 15) is 14.4 Å². The van der Waals surface area contributed by atoms with Gasteiger partial charge in [-0.05, 0) is 55.0 Å². The van der Waals surface area contributed by atoms with E-state index in [0.29, 0.717) is 24.3 Å². The quantitative estimate of drug-likeness (QED) is 0.471. The molecule has 0 aliphatic carbocycles. The number of pyridine rings is 1. The Kier molecular flexibility index (Phi) is 8.10. The third-order valence-corrected chi connectivity index (χ3v) is 6.92. The van der Waals surface area contributed by atoms with Gasteiger partial charge in [-0.2, -0.15) is 0 Å². The van der Waals surface area contributed by atoms with Crippen LogP contribution in [0.2, 0.25) is 0 Å². The fourth-order valence-corrected chi connectivity index (χ4v) is 4.91. The van der Waals surface area contributed by atoms with Gasteiger partial charge < -0.3 is 14.5 Å². The first-order valence-corrected chi connectivity index (χ1v) is 12.2. The molecule has 1 atom stereocenters. The number of benzene rings is 2. The molecule has 4 rings (SSSR count). The zero-order valence-corrected chi connectivity index (χ0v) is 20.7. The van der Waals surface area contributed by atoms with Crippen molar-refractivity contribution >= 4 is 17.8 Å². The Morgan fingerprint density at radius 2 is 1.58 bits per heavy atom. The van der Waals surface area contributed by atoms with Gasteiger partial charge in [-0.15, -0.1) is 0 Å². The Labute approximate surface area is 211 Å². The second-order valence-electron chi connectivity index (χ2n) is 9.05. The van der Waals surface area contributed by atoms with Gasteiger partial charge in [0.25, 0.3) is 11.8 Å². The van der Waals surface area contributed by atoms with Crippen LogP contribution in [0.25, 0.3) is 0 Å². The van der Waals surface area contributed by atoms with Crippen molar-refractivity contribution in [3.8, 4) is 0 Å². The molecule has 36 heavy (non-hydrogen) atoms. The van der Waals surface area contributed by atoms with Crippen LogP contribution in [0, 0.1) is 5.92 Å². The Morgan fingerprint density at radius 3 is 2.22 bits per heavy atom. The van der Waals surface area contributed by atoms with E-state index in [1.165, 1.54) is 7.11 Å². The van der Waals surface area contributed by atoms with E-state index in [0.717, 1.165) is 24.8 Å². The van der Waals surface area contributed by atoms with Crippen LogP contribution in [-0.4, -0.2) is 65.9 Å². The van der Waals surface area contributed by atoms with Crippen molar-refractivity contribution in [1.29, 1.82) is 0 Å². The fourth-order valence-electron chi connectivity index (χ4n) is 4.91. The van der Waals surface area contributed by atoms with Gasteiger partial charge in [0.05, 0.1) is 18.2 Å². The molecular weight excluding hydrogens is 454 g/mol. The highest BCUT2D eigenvalue weighted by Gasteiger charge is 2.34. The van der Waals surface area contributed by atoms with Gasteiger partial charge in [0.2, 0.25) is 0 Å². The molecule has 2 amide bonds. The van der Waals surface area contributed by atoms with Crippen LogP contribution in [0.5, 0.6) is 0 Å². The van der Waals surface area contributed by atoms with Gasteiger partial charge in [0.1, 0.15) is 5.69 Å². The molecule has 2 aromatic carbocycles. The van der Waals surface area contributed by atoms with E-state index in [1.54, 1.807) is 47.5 Å². The van der Waals surface area contributed by atoms with Gasteiger partial charge in [0.15, 0.2) is 0 Å². The van der Waals surface area contributed by atoms with Crippen LogP contribution >= 0.6 is 0 Å². The lowest BCUT2D eigenvalue weighted by Crippen LogP contribution is -2.48. The Hall–Kier alpha value is -4.00. The van der Waals surface area contributed by atoms with Crippen molar-refractivity contribution in [3.63, 3.8) is 0 Å². The van der Waals surface area contributed by atoms with Crippen LogP contribution in [0.3, 0.4) is 0 Å². The Balaban J connectivity index is 1.50. The second kappa shape index (κ2) is 11.6. The van der Waals surface area contributed by atoms with Crippen molar-refractivity contribution < 1.29 is 19.1 Å². The number of aromatic nitrogens is 1. The number of nitrogens with zero attached hydrogens (tertiary/aromatic N) is 3. The number of amides is 2. The summed E-state index contributed by atoms with van der Waals surface area (Å²) in [6.07, 6.45) is 3.86. The lowest BCUT2D eigenvalue weighted by molar-refractivity contribution is 0.0513. The summed E-state index contributed by atoms with van der Waals surface area (Å²) in [6, 6.07) is 22.2. The van der Waals surface area contributed by atoms with Crippen LogP contribution in [0.4, 0.5) is 0 Å². The zero-order valence-electron chi connectivity index (χ0n) is 20.7. The molecule has 7 heteroatoms. The lowest BCUT2D eigenvalue weighted by atomic mass is 9.84. The lowest BCUT2D eigenvalue weighted by Gasteiger charge is -2.40. The molecule has 1 aliphatic rings. The number of likely N-dealkylation sites (tertiary alicyclic amines) is 1. The number of rotatable bonds is 7. The van der Waals surface area contributed by atoms with Gasteiger partial charge in [-0.3, -0.25) is 14.6 Å². The molecule has 0 N–H and O–H groups in total. The predicted octanol–water partition coefficient (Wildman–Crippen LogP) is 4.10. The maximum Gasteiger partial charge on any atom is 0.338 e. The highest BCUT2D eigenvalue weighted by molar-refractivity contribution is 6.05. The van der Waals surface area contributed by atoms with E-state index in [2.05, 4.69) is 17.1 Å². The van der Waals surface area contributed by atoms with Crippen molar-refractivity contribution in [2.75, 3.05) is 27.2 Å². The van der Waals surface area contributed by atoms with Gasteiger partial charge in [0, 0.05) is 32.4 Å². The maximum absolute atomic E-state index is 13.3. The monoisotopic (exact) mass is 485 g/mol. The van der Waals surface area contributed by atoms with E-state index in [-0.39, 0.29) is 29.3 Å². The third kappa shape index (κ3) is 5.62. The first kappa shape index (κ1) is 25.1. The molecular formula is C29H31N3O4. The number of ether oxygens (including phenoxy) is 1. The molecule has 1 fully saturated rings. The highest BCUT2D eigenvalue weighted by atomic mass is 16.5. The number of carbonyl (C=O) groups excluding carboxylic acids is 3. The molecule has 1 aromatic heterocycles. The predicted molar refractivity (Wildman–Crippen MR) is 137 cm³/mol. The fraction of sp³-hybridized carbons (Fsp3) is 0.310. The Morgan fingerprint density at radius 1 is 0.944 bits per heavy atom. The first-order chi connectivity index (χ1) is 17.5. The van der Waals surface area contributed by atoms with Crippen LogP contribution in [0.15, 0.2) is 79.0 Å². The number of methoxy groups -OCH3 is 1. The second-order valence-corrected chi connectivity index (χ2v) is 9.05. The molecule has 2 heterocycles. The minimum Gasteiger partial charge on any atom is -0.465 e. The summed E-state index contributed by atoms with van der Waals surface area (Å²) in [4.78, 5) is 46.5. The highest BCUT2D eigenvalue weighted by Crippen LogP contribution is 2.28. The van der Waals surface area contributed by atoms with Crippen molar-refractivity contribution in [3.05, 3.63) is 101 Å². The number of esters is 1. The normalized spacial score (nSPS) is 14.7. The summed E-state index contributed by atoms with van der Waals surface area (Å²) < 4.78 is 4.85. The molecule has 7 nitrogen and oxygen atoms in total. The molecule has 0 bridgehead atoms. The van der Waals surface area contributed by atoms with Crippen molar-refractivity contribution in [2.24, 2.45) is 5.92 Å². The summed E-state index contributed by atoms with van der Waals surface area (Å²) in [5, 5.41) is 0. The summed E-state index contributed by atoms with van der Waals surface area (Å²) in [7, 11) is 3.15. The van der Waals surface area contributed by atoms with Gasteiger partial charge in [-0.1, -0.05) is 48.5 Å². The molecule has 1 saturated heterocycles. The number of likely N-dealkylation sites (N-methyl/N-ethyl adjacent to an activating group) is 1. The molecule has 186 valence electrons. The Bertz CT molecular complexity index is 1190. The number of carbonyl (C=O) groups is 3. The van der Waals surface area contributed by atoms with Gasteiger partial charge >= 0.3 is 5.97 Å². The maximum atomic E-state index is 13.3. The minimum absolute atomic E-state index is 0.0403. The summed E-state index contributed by atoms with van der Waals surface area (Å²) in [6.45, 7) is 1.10. The van der Waals surface area contributed by atoms with E-state index in [1.807, 2.05) is 36.2 Å². The van der Waals surface area contributed by atoms with E-state index in [4.69, 9.17) is 4.74 Å². The van der Waals surface area contributed by atoms with E-state index >= 15 is 0 Å². The molecule has 0 spiro atoms. The molecule has 0 radical (unpaired) electrons. The van der Waals surface area contributed by atoms with Crippen LogP contribution in [-0.2, 0) is 11.2 Å². The zero-order chi connectivity index (χ0) is 25.5. The topological polar surface area (TPSA) is 79.8 Å². The number of piperidine rings is 1. The van der Waals surface area contributed by atoms with Crippen molar-refractivity contribution in [1.82, 2.24) is 14.8 Å². The molecule has 1 unspecified atom stereocenters. The van der Waals surface area contributed by atoms with Crippen LogP contribution in [0.1, 0.15) is 49.6 Å². The average Bonchev–Trinajstić information content (AvgIpc) is 2.95. The molecule has 3 aromatic rings. The number of hydrogen-bond acceptors (Lipinski definition) is 5. The standard InChI is InChI=1S/C29H31N3O4/c1-31(28(34)25-14-8-9-17-30-25)26(20-21-10-4-3-5-11-21)22-15-18-32(19-16-22)27(33)23-12-6-7-13-24(23)29(35)36-2/h3-14,17,22,26H,15-16,18-20H2,1-2H3. The molecule has 0 saturated carbocycles. The largest absolute Gasteiger partial charge is 0.465 e.